The molecule has 1 amide bonds. The second kappa shape index (κ2) is 7.74. The Morgan fingerprint density at radius 2 is 1.67 bits per heavy atom. The van der Waals surface area contributed by atoms with Gasteiger partial charge in [0, 0.05) is 6.54 Å². The molecule has 3 aromatic carbocycles. The summed E-state index contributed by atoms with van der Waals surface area (Å²) in [6.45, 7) is 0.429. The molecule has 4 rings (SSSR count). The van der Waals surface area contributed by atoms with Gasteiger partial charge in [0.1, 0.15) is 11.6 Å². The van der Waals surface area contributed by atoms with Crippen molar-refractivity contribution >= 4 is 16.9 Å². The number of H-pyrrole nitrogens is 1. The largest absolute Gasteiger partial charge is 0.483 e. The first-order valence-corrected chi connectivity index (χ1v) is 8.77. The van der Waals surface area contributed by atoms with E-state index in [0.29, 0.717) is 12.3 Å². The maximum atomic E-state index is 12.1. The highest BCUT2D eigenvalue weighted by Crippen LogP contribution is 2.29. The quantitative estimate of drug-likeness (QED) is 0.549. The van der Waals surface area contributed by atoms with E-state index in [1.54, 1.807) is 0 Å². The molecule has 0 bridgehead atoms. The van der Waals surface area contributed by atoms with Crippen molar-refractivity contribution in [3.05, 3.63) is 84.4 Å². The highest BCUT2D eigenvalue weighted by molar-refractivity contribution is 5.81. The average molecular weight is 357 g/mol. The van der Waals surface area contributed by atoms with Crippen LogP contribution in [-0.4, -0.2) is 22.5 Å². The van der Waals surface area contributed by atoms with Crippen molar-refractivity contribution in [2.75, 3.05) is 6.61 Å². The predicted molar refractivity (Wildman–Crippen MR) is 105 cm³/mol. The van der Waals surface area contributed by atoms with Crippen molar-refractivity contribution in [3.8, 4) is 17.1 Å². The molecule has 0 atom stereocenters. The van der Waals surface area contributed by atoms with Crippen LogP contribution in [0.2, 0.25) is 0 Å². The Labute approximate surface area is 157 Å². The van der Waals surface area contributed by atoms with Gasteiger partial charge in [-0.1, -0.05) is 54.6 Å². The van der Waals surface area contributed by atoms with E-state index in [2.05, 4.69) is 15.3 Å². The van der Waals surface area contributed by atoms with Crippen LogP contribution in [0.4, 0.5) is 0 Å². The van der Waals surface area contributed by atoms with E-state index in [9.17, 15) is 4.79 Å². The van der Waals surface area contributed by atoms with Gasteiger partial charge in [0.05, 0.1) is 16.6 Å². The Balaban J connectivity index is 1.44. The van der Waals surface area contributed by atoms with Crippen LogP contribution in [0.25, 0.3) is 22.4 Å². The lowest BCUT2D eigenvalue weighted by atomic mass is 10.2. The molecule has 134 valence electrons. The number of rotatable bonds is 6. The lowest BCUT2D eigenvalue weighted by Crippen LogP contribution is -2.28. The van der Waals surface area contributed by atoms with E-state index >= 15 is 0 Å². The smallest absolute Gasteiger partial charge is 0.258 e. The molecule has 0 aliphatic rings. The molecule has 27 heavy (non-hydrogen) atoms. The number of benzene rings is 3. The van der Waals surface area contributed by atoms with Gasteiger partial charge in [-0.15, -0.1) is 0 Å². The minimum Gasteiger partial charge on any atom is -0.483 e. The molecule has 0 aliphatic heterocycles. The summed E-state index contributed by atoms with van der Waals surface area (Å²) in [5.74, 6) is 1.17. The number of ether oxygens (including phenoxy) is 1. The van der Waals surface area contributed by atoms with E-state index in [-0.39, 0.29) is 12.5 Å². The fraction of sp³-hybridized carbons (Fsp3) is 0.0909. The first-order valence-electron chi connectivity index (χ1n) is 8.77. The van der Waals surface area contributed by atoms with Crippen molar-refractivity contribution in [2.45, 2.75) is 6.54 Å². The van der Waals surface area contributed by atoms with E-state index in [0.717, 1.165) is 28.0 Å². The molecule has 0 aliphatic carbocycles. The number of nitrogens with zero attached hydrogens (tertiary/aromatic N) is 1. The van der Waals surface area contributed by atoms with Crippen LogP contribution in [0.15, 0.2) is 78.9 Å². The number of aromatic amines is 1. The second-order valence-corrected chi connectivity index (χ2v) is 6.15. The topological polar surface area (TPSA) is 67.0 Å². The monoisotopic (exact) mass is 357 g/mol. The van der Waals surface area contributed by atoms with Gasteiger partial charge in [0.25, 0.3) is 5.91 Å². The third-order valence-electron chi connectivity index (χ3n) is 4.22. The number of amides is 1. The number of carbonyl (C=O) groups is 1. The molecule has 1 heterocycles. The number of fused-ring (bicyclic) bond motifs is 1. The minimum absolute atomic E-state index is 0.0515. The van der Waals surface area contributed by atoms with Crippen LogP contribution >= 0.6 is 0 Å². The molecule has 5 nitrogen and oxygen atoms in total. The highest BCUT2D eigenvalue weighted by atomic mass is 16.5. The van der Waals surface area contributed by atoms with Gasteiger partial charge in [-0.05, 0) is 29.8 Å². The molecule has 5 heteroatoms. The Morgan fingerprint density at radius 3 is 2.52 bits per heavy atom. The Bertz CT molecular complexity index is 1020. The van der Waals surface area contributed by atoms with E-state index in [1.165, 1.54) is 0 Å². The normalized spacial score (nSPS) is 10.7. The number of hydrogen-bond acceptors (Lipinski definition) is 3. The molecule has 0 radical (unpaired) electrons. The zero-order valence-electron chi connectivity index (χ0n) is 14.7. The number of imidazole rings is 1. The third-order valence-corrected chi connectivity index (χ3v) is 4.22. The molecule has 0 unspecified atom stereocenters. The van der Waals surface area contributed by atoms with E-state index < -0.39 is 0 Å². The molecule has 0 saturated heterocycles. The second-order valence-electron chi connectivity index (χ2n) is 6.15. The van der Waals surface area contributed by atoms with Crippen molar-refractivity contribution in [1.82, 2.24) is 15.3 Å². The summed E-state index contributed by atoms with van der Waals surface area (Å²) in [5.41, 5.74) is 3.73. The summed E-state index contributed by atoms with van der Waals surface area (Å²) < 4.78 is 5.77. The minimum atomic E-state index is -0.168. The van der Waals surface area contributed by atoms with Crippen LogP contribution in [0.5, 0.6) is 5.75 Å². The van der Waals surface area contributed by atoms with Gasteiger partial charge in [-0.3, -0.25) is 4.79 Å². The molecule has 2 N–H and O–H groups in total. The summed E-state index contributed by atoms with van der Waals surface area (Å²) >= 11 is 0. The number of nitrogens with one attached hydrogen (secondary N) is 2. The molecule has 0 saturated carbocycles. The molecular formula is C22H19N3O2. The zero-order chi connectivity index (χ0) is 18.5. The van der Waals surface area contributed by atoms with Gasteiger partial charge >= 0.3 is 0 Å². The summed E-state index contributed by atoms with van der Waals surface area (Å²) in [5, 5.41) is 2.86. The SMILES string of the molecule is O=C(COc1ccccc1-c1nc2ccccc2[nH]1)NCc1ccccc1. The van der Waals surface area contributed by atoms with Crippen molar-refractivity contribution in [2.24, 2.45) is 0 Å². The zero-order valence-corrected chi connectivity index (χ0v) is 14.7. The summed E-state index contributed by atoms with van der Waals surface area (Å²) in [4.78, 5) is 20.0. The van der Waals surface area contributed by atoms with Crippen LogP contribution in [-0.2, 0) is 11.3 Å². The first kappa shape index (κ1) is 16.8. The molecule has 4 aromatic rings. The molecule has 0 spiro atoms. The lowest BCUT2D eigenvalue weighted by Gasteiger charge is -2.10. The lowest BCUT2D eigenvalue weighted by molar-refractivity contribution is -0.123. The first-order chi connectivity index (χ1) is 13.3. The number of carbonyl (C=O) groups excluding carboxylic acids is 1. The van der Waals surface area contributed by atoms with E-state index in [1.807, 2.05) is 78.9 Å². The maximum absolute atomic E-state index is 12.1. The number of aromatic nitrogens is 2. The molecular weight excluding hydrogens is 338 g/mol. The summed E-state index contributed by atoms with van der Waals surface area (Å²) in [7, 11) is 0. The fourth-order valence-electron chi connectivity index (χ4n) is 2.86. The van der Waals surface area contributed by atoms with Crippen molar-refractivity contribution in [3.63, 3.8) is 0 Å². The Morgan fingerprint density at radius 1 is 0.926 bits per heavy atom. The fourth-order valence-corrected chi connectivity index (χ4v) is 2.86. The van der Waals surface area contributed by atoms with Crippen LogP contribution in [0.3, 0.4) is 0 Å². The molecule has 1 aromatic heterocycles. The van der Waals surface area contributed by atoms with Crippen molar-refractivity contribution < 1.29 is 9.53 Å². The Hall–Kier alpha value is -3.60. The third kappa shape index (κ3) is 3.98. The van der Waals surface area contributed by atoms with Gasteiger partial charge in [-0.2, -0.15) is 0 Å². The highest BCUT2D eigenvalue weighted by Gasteiger charge is 2.12. The summed E-state index contributed by atoms with van der Waals surface area (Å²) in [6.07, 6.45) is 0. The number of hydrogen-bond donors (Lipinski definition) is 2. The van der Waals surface area contributed by atoms with Gasteiger partial charge < -0.3 is 15.0 Å². The van der Waals surface area contributed by atoms with Gasteiger partial charge in [0.15, 0.2) is 6.61 Å². The Kier molecular flexibility index (Phi) is 4.83. The van der Waals surface area contributed by atoms with Gasteiger partial charge in [0.2, 0.25) is 0 Å². The predicted octanol–water partition coefficient (Wildman–Crippen LogP) is 3.93. The van der Waals surface area contributed by atoms with Gasteiger partial charge in [-0.25, -0.2) is 4.98 Å². The maximum Gasteiger partial charge on any atom is 0.258 e. The van der Waals surface area contributed by atoms with Crippen molar-refractivity contribution in [1.29, 1.82) is 0 Å². The van der Waals surface area contributed by atoms with Crippen LogP contribution in [0.1, 0.15) is 5.56 Å². The average Bonchev–Trinajstić information content (AvgIpc) is 3.16. The number of para-hydroxylation sites is 3. The summed E-state index contributed by atoms with van der Waals surface area (Å²) in [6, 6.07) is 25.2. The molecule has 0 fully saturated rings. The van der Waals surface area contributed by atoms with E-state index in [4.69, 9.17) is 4.74 Å². The van der Waals surface area contributed by atoms with Crippen LogP contribution in [0, 0.1) is 0 Å². The standard InChI is InChI=1S/C22H19N3O2/c26-21(23-14-16-8-2-1-3-9-16)15-27-20-13-7-4-10-17(20)22-24-18-11-5-6-12-19(18)25-22/h1-13H,14-15H2,(H,23,26)(H,24,25). The van der Waals surface area contributed by atoms with Crippen LogP contribution < -0.4 is 10.1 Å².